The number of hydrogen-bond acceptors (Lipinski definition) is 4. The number of anilines is 1. The van der Waals surface area contributed by atoms with Crippen LogP contribution in [0.25, 0.3) is 0 Å². The molecule has 0 aromatic heterocycles. The van der Waals surface area contributed by atoms with Gasteiger partial charge in [-0.2, -0.15) is 0 Å². The molecule has 3 rings (SSSR count). The molecule has 3 aromatic rings. The van der Waals surface area contributed by atoms with Crippen LogP contribution in [0, 0.1) is 11.6 Å². The quantitative estimate of drug-likeness (QED) is 0.386. The Bertz CT molecular complexity index is 1350. The third-order valence-electron chi connectivity index (χ3n) is 6.17. The van der Waals surface area contributed by atoms with Gasteiger partial charge in [0.1, 0.15) is 24.2 Å². The van der Waals surface area contributed by atoms with Crippen LogP contribution in [-0.4, -0.2) is 43.8 Å². The summed E-state index contributed by atoms with van der Waals surface area (Å²) < 4.78 is 56.2. The monoisotopic (exact) mass is 543 g/mol. The van der Waals surface area contributed by atoms with Gasteiger partial charge in [-0.25, -0.2) is 17.2 Å². The van der Waals surface area contributed by atoms with Gasteiger partial charge in [-0.3, -0.25) is 13.9 Å². The zero-order valence-electron chi connectivity index (χ0n) is 21.5. The van der Waals surface area contributed by atoms with Crippen molar-refractivity contribution in [1.29, 1.82) is 0 Å². The summed E-state index contributed by atoms with van der Waals surface area (Å²) in [5.74, 6) is -2.46. The zero-order valence-corrected chi connectivity index (χ0v) is 22.3. The Morgan fingerprint density at radius 1 is 0.895 bits per heavy atom. The van der Waals surface area contributed by atoms with Crippen molar-refractivity contribution < 1.29 is 26.8 Å². The van der Waals surface area contributed by atoms with Crippen LogP contribution in [0.4, 0.5) is 14.5 Å². The van der Waals surface area contributed by atoms with Gasteiger partial charge in [0.2, 0.25) is 11.8 Å². The topological polar surface area (TPSA) is 86.8 Å². The van der Waals surface area contributed by atoms with E-state index in [0.717, 1.165) is 6.07 Å². The Labute approximate surface area is 222 Å². The number of carbonyl (C=O) groups excluding carboxylic acids is 2. The van der Waals surface area contributed by atoms with E-state index in [2.05, 4.69) is 5.32 Å². The molecule has 2 unspecified atom stereocenters. The van der Waals surface area contributed by atoms with Crippen LogP contribution in [0.15, 0.2) is 83.8 Å². The molecule has 10 heteroatoms. The first-order valence-electron chi connectivity index (χ1n) is 12.2. The predicted molar refractivity (Wildman–Crippen MR) is 142 cm³/mol. The van der Waals surface area contributed by atoms with Crippen LogP contribution < -0.4 is 9.62 Å². The van der Waals surface area contributed by atoms with E-state index in [0.29, 0.717) is 16.3 Å². The first-order chi connectivity index (χ1) is 18.0. The second kappa shape index (κ2) is 12.6. The molecule has 202 valence electrons. The summed E-state index contributed by atoms with van der Waals surface area (Å²) in [4.78, 5) is 27.8. The van der Waals surface area contributed by atoms with E-state index in [-0.39, 0.29) is 23.2 Å². The minimum absolute atomic E-state index is 0.0926. The maximum Gasteiger partial charge on any atom is 0.264 e. The Morgan fingerprint density at radius 2 is 1.50 bits per heavy atom. The number of halogens is 2. The second-order valence-electron chi connectivity index (χ2n) is 8.92. The molecule has 0 saturated carbocycles. The molecule has 3 aromatic carbocycles. The van der Waals surface area contributed by atoms with Crippen LogP contribution in [0.3, 0.4) is 0 Å². The van der Waals surface area contributed by atoms with Gasteiger partial charge < -0.3 is 10.2 Å². The number of rotatable bonds is 11. The number of benzene rings is 3. The van der Waals surface area contributed by atoms with Crippen LogP contribution in [0.5, 0.6) is 0 Å². The van der Waals surface area contributed by atoms with Crippen molar-refractivity contribution in [2.75, 3.05) is 10.8 Å². The smallest absolute Gasteiger partial charge is 0.264 e. The van der Waals surface area contributed by atoms with Crippen molar-refractivity contribution in [1.82, 2.24) is 10.2 Å². The number of nitrogens with one attached hydrogen (secondary N) is 1. The summed E-state index contributed by atoms with van der Waals surface area (Å²) >= 11 is 0. The van der Waals surface area contributed by atoms with Crippen molar-refractivity contribution in [3.63, 3.8) is 0 Å². The van der Waals surface area contributed by atoms with Gasteiger partial charge in [0.15, 0.2) is 0 Å². The summed E-state index contributed by atoms with van der Waals surface area (Å²) in [5, 5.41) is 2.83. The first-order valence-corrected chi connectivity index (χ1v) is 13.6. The molecular weight excluding hydrogens is 512 g/mol. The third kappa shape index (κ3) is 6.95. The number of para-hydroxylation sites is 1. The standard InChI is InChI=1S/C28H31F2N3O4S/c1-4-20(2)31-28(35)21(3)32(18-22-14-16-23(29)17-15-22)27(34)19-33(26-13-9-8-12-25(26)30)38(36,37)24-10-6-5-7-11-24/h5-17,20-21H,4,18-19H2,1-3H3,(H,31,35). The number of sulfonamides is 1. The van der Waals surface area contributed by atoms with Gasteiger partial charge in [0.05, 0.1) is 10.6 Å². The molecule has 0 radical (unpaired) electrons. The minimum Gasteiger partial charge on any atom is -0.352 e. The van der Waals surface area contributed by atoms with Gasteiger partial charge >= 0.3 is 0 Å². The maximum atomic E-state index is 14.9. The van der Waals surface area contributed by atoms with E-state index in [9.17, 15) is 26.8 Å². The van der Waals surface area contributed by atoms with E-state index >= 15 is 0 Å². The minimum atomic E-state index is -4.36. The molecule has 2 amide bonds. The molecule has 0 aliphatic rings. The van der Waals surface area contributed by atoms with Crippen molar-refractivity contribution in [3.05, 3.63) is 96.1 Å². The third-order valence-corrected chi connectivity index (χ3v) is 7.94. The SMILES string of the molecule is CCC(C)NC(=O)C(C)N(Cc1ccc(F)cc1)C(=O)CN(c1ccccc1F)S(=O)(=O)c1ccccc1. The van der Waals surface area contributed by atoms with E-state index < -0.39 is 46.1 Å². The summed E-state index contributed by atoms with van der Waals surface area (Å²) in [6.07, 6.45) is 0.667. The normalized spacial score (nSPS) is 12.9. The van der Waals surface area contributed by atoms with Crippen LogP contribution in [0.1, 0.15) is 32.8 Å². The molecule has 0 bridgehead atoms. The first kappa shape index (κ1) is 28.8. The number of amides is 2. The van der Waals surface area contributed by atoms with E-state index in [1.165, 1.54) is 78.6 Å². The van der Waals surface area contributed by atoms with Crippen molar-refractivity contribution in [2.24, 2.45) is 0 Å². The van der Waals surface area contributed by atoms with Crippen LogP contribution in [0.2, 0.25) is 0 Å². The molecule has 0 heterocycles. The molecule has 0 saturated heterocycles. The molecule has 7 nitrogen and oxygen atoms in total. The van der Waals surface area contributed by atoms with Gasteiger partial charge in [0.25, 0.3) is 10.0 Å². The Morgan fingerprint density at radius 3 is 2.11 bits per heavy atom. The molecule has 0 aliphatic carbocycles. The molecule has 38 heavy (non-hydrogen) atoms. The highest BCUT2D eigenvalue weighted by atomic mass is 32.2. The predicted octanol–water partition coefficient (Wildman–Crippen LogP) is 4.49. The number of hydrogen-bond donors (Lipinski definition) is 1. The average Bonchev–Trinajstić information content (AvgIpc) is 2.91. The van der Waals surface area contributed by atoms with Gasteiger partial charge in [0, 0.05) is 12.6 Å². The fourth-order valence-corrected chi connectivity index (χ4v) is 5.16. The van der Waals surface area contributed by atoms with Crippen LogP contribution >= 0.6 is 0 Å². The van der Waals surface area contributed by atoms with Gasteiger partial charge in [-0.15, -0.1) is 0 Å². The molecule has 2 atom stereocenters. The Hall–Kier alpha value is -3.79. The lowest BCUT2D eigenvalue weighted by molar-refractivity contribution is -0.139. The second-order valence-corrected chi connectivity index (χ2v) is 10.8. The van der Waals surface area contributed by atoms with E-state index in [1.807, 2.05) is 13.8 Å². The lowest BCUT2D eigenvalue weighted by Crippen LogP contribution is -2.52. The molecule has 1 N–H and O–H groups in total. The van der Waals surface area contributed by atoms with Crippen molar-refractivity contribution >= 4 is 27.5 Å². The highest BCUT2D eigenvalue weighted by molar-refractivity contribution is 7.92. The van der Waals surface area contributed by atoms with E-state index in [4.69, 9.17) is 0 Å². The molecule has 0 spiro atoms. The number of carbonyl (C=O) groups is 2. The largest absolute Gasteiger partial charge is 0.352 e. The van der Waals surface area contributed by atoms with Crippen molar-refractivity contribution in [3.8, 4) is 0 Å². The molecule has 0 fully saturated rings. The fraction of sp³-hybridized carbons (Fsp3) is 0.286. The van der Waals surface area contributed by atoms with Gasteiger partial charge in [-0.05, 0) is 62.2 Å². The van der Waals surface area contributed by atoms with E-state index in [1.54, 1.807) is 6.07 Å². The number of nitrogens with zero attached hydrogens (tertiary/aromatic N) is 2. The lowest BCUT2D eigenvalue weighted by Gasteiger charge is -2.32. The summed E-state index contributed by atoms with van der Waals surface area (Å²) in [6.45, 7) is 4.39. The maximum absolute atomic E-state index is 14.9. The summed E-state index contributed by atoms with van der Waals surface area (Å²) in [6, 6.07) is 16.9. The summed E-state index contributed by atoms with van der Waals surface area (Å²) in [7, 11) is -4.36. The van der Waals surface area contributed by atoms with Gasteiger partial charge in [-0.1, -0.05) is 49.4 Å². The van der Waals surface area contributed by atoms with Crippen molar-refractivity contribution in [2.45, 2.75) is 50.7 Å². The lowest BCUT2D eigenvalue weighted by atomic mass is 10.1. The van der Waals surface area contributed by atoms with Crippen LogP contribution in [-0.2, 0) is 26.2 Å². The fourth-order valence-electron chi connectivity index (χ4n) is 3.72. The Balaban J connectivity index is 2.02. The molecule has 0 aliphatic heterocycles. The highest BCUT2D eigenvalue weighted by Crippen LogP contribution is 2.27. The highest BCUT2D eigenvalue weighted by Gasteiger charge is 2.33. The molecular formula is C28H31F2N3O4S. The Kier molecular flexibility index (Phi) is 9.57. The average molecular weight is 544 g/mol. The zero-order chi connectivity index (χ0) is 27.9. The summed E-state index contributed by atoms with van der Waals surface area (Å²) in [5.41, 5.74) is 0.231.